The molecule has 31 heavy (non-hydrogen) atoms. The normalized spacial score (nSPS) is 17.4. The van der Waals surface area contributed by atoms with Gasteiger partial charge in [0.1, 0.15) is 10.5 Å². The van der Waals surface area contributed by atoms with Crippen LogP contribution < -0.4 is 5.32 Å². The quantitative estimate of drug-likeness (QED) is 0.661. The van der Waals surface area contributed by atoms with E-state index < -0.39 is 21.9 Å². The van der Waals surface area contributed by atoms with Crippen molar-refractivity contribution in [3.63, 3.8) is 0 Å². The number of ether oxygens (including phenoxy) is 1. The van der Waals surface area contributed by atoms with Crippen LogP contribution in [-0.2, 0) is 19.6 Å². The van der Waals surface area contributed by atoms with E-state index >= 15 is 0 Å². The molecule has 0 aliphatic carbocycles. The molecule has 1 atom stereocenters. The third-order valence-electron chi connectivity index (χ3n) is 5.55. The number of para-hydroxylation sites is 1. The summed E-state index contributed by atoms with van der Waals surface area (Å²) < 4.78 is 33.4. The molecule has 2 aromatic rings. The number of hydrogen-bond acceptors (Lipinski definition) is 5. The number of rotatable bonds is 6. The molecule has 1 aromatic carbocycles. The molecule has 0 radical (unpaired) electrons. The van der Waals surface area contributed by atoms with E-state index in [1.807, 2.05) is 31.2 Å². The van der Waals surface area contributed by atoms with Gasteiger partial charge < -0.3 is 15.0 Å². The van der Waals surface area contributed by atoms with E-state index in [0.29, 0.717) is 36.5 Å². The monoisotopic (exact) mass is 447 g/mol. The highest BCUT2D eigenvalue weighted by Gasteiger charge is 2.38. The van der Waals surface area contributed by atoms with Gasteiger partial charge in [0.15, 0.2) is 0 Å². The Balaban J connectivity index is 1.85. The summed E-state index contributed by atoms with van der Waals surface area (Å²) in [4.78, 5) is 28.2. The maximum Gasteiger partial charge on any atom is 0.341 e. The number of H-pyrrole nitrogens is 1. The zero-order chi connectivity index (χ0) is 22.8. The number of carbonyl (C=O) groups is 2. The summed E-state index contributed by atoms with van der Waals surface area (Å²) in [6.07, 6.45) is 1.15. The number of nitrogens with zero attached hydrogens (tertiary/aromatic N) is 1. The number of nitrogens with one attached hydrogen (secondary N) is 2. The second-order valence-corrected chi connectivity index (χ2v) is 9.68. The fourth-order valence-corrected chi connectivity index (χ4v) is 5.92. The minimum atomic E-state index is -3.99. The highest BCUT2D eigenvalue weighted by molar-refractivity contribution is 7.89. The summed E-state index contributed by atoms with van der Waals surface area (Å²) >= 11 is 0. The van der Waals surface area contributed by atoms with E-state index in [0.717, 1.165) is 5.56 Å². The molecule has 1 saturated heterocycles. The van der Waals surface area contributed by atoms with Crippen molar-refractivity contribution in [2.75, 3.05) is 25.0 Å². The zero-order valence-electron chi connectivity index (χ0n) is 18.3. The van der Waals surface area contributed by atoms with Crippen molar-refractivity contribution in [3.05, 3.63) is 46.8 Å². The molecule has 1 amide bonds. The second-order valence-electron chi connectivity index (χ2n) is 7.81. The Kier molecular flexibility index (Phi) is 6.86. The van der Waals surface area contributed by atoms with Crippen LogP contribution in [0, 0.1) is 26.7 Å². The number of amides is 1. The van der Waals surface area contributed by atoms with Crippen LogP contribution in [0.15, 0.2) is 29.2 Å². The molecule has 3 rings (SSSR count). The van der Waals surface area contributed by atoms with Crippen LogP contribution in [0.2, 0.25) is 0 Å². The van der Waals surface area contributed by atoms with Crippen LogP contribution in [-0.4, -0.2) is 49.3 Å². The number of aryl methyl sites for hydroxylation is 3. The smallest absolute Gasteiger partial charge is 0.341 e. The van der Waals surface area contributed by atoms with E-state index in [1.54, 1.807) is 20.8 Å². The number of sulfonamides is 1. The van der Waals surface area contributed by atoms with Gasteiger partial charge in [-0.3, -0.25) is 4.79 Å². The Morgan fingerprint density at radius 2 is 1.90 bits per heavy atom. The second kappa shape index (κ2) is 9.23. The van der Waals surface area contributed by atoms with Gasteiger partial charge in [-0.05, 0) is 52.2 Å². The van der Waals surface area contributed by atoms with Crippen LogP contribution in [0.25, 0.3) is 0 Å². The van der Waals surface area contributed by atoms with Gasteiger partial charge in [0.2, 0.25) is 15.9 Å². The fourth-order valence-electron chi connectivity index (χ4n) is 3.98. The van der Waals surface area contributed by atoms with Crippen LogP contribution >= 0.6 is 0 Å². The highest BCUT2D eigenvalue weighted by atomic mass is 32.2. The topological polar surface area (TPSA) is 109 Å². The van der Waals surface area contributed by atoms with Crippen molar-refractivity contribution in [2.45, 2.75) is 45.4 Å². The number of esters is 1. The summed E-state index contributed by atoms with van der Waals surface area (Å²) in [5.74, 6) is -1.36. The van der Waals surface area contributed by atoms with Crippen molar-refractivity contribution in [2.24, 2.45) is 5.92 Å². The Morgan fingerprint density at radius 1 is 1.19 bits per heavy atom. The molecule has 1 fully saturated rings. The minimum absolute atomic E-state index is 0.0332. The van der Waals surface area contributed by atoms with Crippen LogP contribution in [0.3, 0.4) is 0 Å². The van der Waals surface area contributed by atoms with Gasteiger partial charge in [0.25, 0.3) is 0 Å². The van der Waals surface area contributed by atoms with Gasteiger partial charge >= 0.3 is 5.97 Å². The van der Waals surface area contributed by atoms with Gasteiger partial charge in [0.05, 0.1) is 12.5 Å². The van der Waals surface area contributed by atoms with E-state index in [1.165, 1.54) is 4.31 Å². The minimum Gasteiger partial charge on any atom is -0.462 e. The lowest BCUT2D eigenvalue weighted by Gasteiger charge is -2.31. The molecule has 0 saturated carbocycles. The molecule has 168 valence electrons. The summed E-state index contributed by atoms with van der Waals surface area (Å²) in [7, 11) is -3.99. The first-order valence-corrected chi connectivity index (χ1v) is 11.8. The lowest BCUT2D eigenvalue weighted by Crippen LogP contribution is -2.44. The molecule has 8 nitrogen and oxygen atoms in total. The van der Waals surface area contributed by atoms with E-state index in [-0.39, 0.29) is 29.5 Å². The molecule has 0 unspecified atom stereocenters. The van der Waals surface area contributed by atoms with E-state index in [2.05, 4.69) is 10.3 Å². The zero-order valence-corrected chi connectivity index (χ0v) is 19.1. The maximum absolute atomic E-state index is 13.5. The number of benzene rings is 1. The first-order chi connectivity index (χ1) is 14.7. The molecule has 1 aliphatic heterocycles. The molecule has 2 N–H and O–H groups in total. The van der Waals surface area contributed by atoms with Gasteiger partial charge in [-0.2, -0.15) is 4.31 Å². The van der Waals surface area contributed by atoms with Crippen molar-refractivity contribution in [1.82, 2.24) is 9.29 Å². The molecule has 9 heteroatoms. The Morgan fingerprint density at radius 3 is 2.58 bits per heavy atom. The Labute approximate surface area is 183 Å². The van der Waals surface area contributed by atoms with Gasteiger partial charge in [-0.1, -0.05) is 18.2 Å². The fraction of sp³-hybridized carbons (Fsp3) is 0.455. The van der Waals surface area contributed by atoms with E-state index in [4.69, 9.17) is 4.74 Å². The maximum atomic E-state index is 13.5. The summed E-state index contributed by atoms with van der Waals surface area (Å²) in [5, 5.41) is 2.91. The molecular weight excluding hydrogens is 418 g/mol. The third-order valence-corrected chi connectivity index (χ3v) is 7.59. The van der Waals surface area contributed by atoms with Gasteiger partial charge in [0, 0.05) is 30.2 Å². The Hall–Kier alpha value is -2.65. The first-order valence-electron chi connectivity index (χ1n) is 10.4. The number of hydrogen-bond donors (Lipinski definition) is 2. The lowest BCUT2D eigenvalue weighted by atomic mass is 9.98. The molecule has 1 aliphatic rings. The van der Waals surface area contributed by atoms with Crippen molar-refractivity contribution in [1.29, 1.82) is 0 Å². The van der Waals surface area contributed by atoms with Gasteiger partial charge in [-0.25, -0.2) is 13.2 Å². The average Bonchev–Trinajstić information content (AvgIpc) is 3.04. The molecule has 0 bridgehead atoms. The first kappa shape index (κ1) is 23.0. The van der Waals surface area contributed by atoms with Crippen molar-refractivity contribution >= 4 is 27.6 Å². The number of carbonyl (C=O) groups excluding carboxylic acids is 2. The number of aromatic nitrogens is 1. The van der Waals surface area contributed by atoms with Crippen LogP contribution in [0.5, 0.6) is 0 Å². The largest absolute Gasteiger partial charge is 0.462 e. The summed E-state index contributed by atoms with van der Waals surface area (Å²) in [6.45, 7) is 7.34. The SMILES string of the molecule is CCOC(=O)c1c(C)[nH]c(C)c1S(=O)(=O)N1CCC[C@H](C(=O)Nc2ccccc2C)C1. The van der Waals surface area contributed by atoms with Crippen molar-refractivity contribution < 1.29 is 22.7 Å². The van der Waals surface area contributed by atoms with Gasteiger partial charge in [-0.15, -0.1) is 0 Å². The predicted molar refractivity (Wildman–Crippen MR) is 118 cm³/mol. The third kappa shape index (κ3) is 4.67. The van der Waals surface area contributed by atoms with Crippen molar-refractivity contribution in [3.8, 4) is 0 Å². The Bertz CT molecular complexity index is 1090. The average molecular weight is 448 g/mol. The lowest BCUT2D eigenvalue weighted by molar-refractivity contribution is -0.120. The predicted octanol–water partition coefficient (Wildman–Crippen LogP) is 3.16. The number of aromatic amines is 1. The molecule has 0 spiro atoms. The standard InChI is InChI=1S/C22H29N3O5S/c1-5-30-22(27)19-15(3)23-16(4)20(19)31(28,29)25-12-8-10-17(13-25)21(26)24-18-11-7-6-9-14(18)2/h6-7,9,11,17,23H,5,8,10,12-13H2,1-4H3,(H,24,26)/t17-/m0/s1. The highest BCUT2D eigenvalue weighted by Crippen LogP contribution is 2.31. The molecular formula is C22H29N3O5S. The molecule has 2 heterocycles. The van der Waals surface area contributed by atoms with E-state index in [9.17, 15) is 18.0 Å². The summed E-state index contributed by atoms with van der Waals surface area (Å²) in [6, 6.07) is 7.46. The van der Waals surface area contributed by atoms with Crippen LogP contribution in [0.1, 0.15) is 47.1 Å². The van der Waals surface area contributed by atoms with Crippen LogP contribution in [0.4, 0.5) is 5.69 Å². The molecule has 1 aromatic heterocycles. The number of piperidine rings is 1. The summed E-state index contributed by atoms with van der Waals surface area (Å²) in [5.41, 5.74) is 2.51. The number of anilines is 1.